The standard InChI is InChI=1S/C17H13BrN2O2/c1-11-6-8-12(9-7-11)15-10-16(22-20-15)19-17(21)13-4-2-3-5-14(13)18/h2-10H,1H3,(H,19,21). The Hall–Kier alpha value is -2.40. The Morgan fingerprint density at radius 3 is 2.59 bits per heavy atom. The highest BCUT2D eigenvalue weighted by molar-refractivity contribution is 9.10. The second kappa shape index (κ2) is 6.15. The molecule has 0 aliphatic rings. The summed E-state index contributed by atoms with van der Waals surface area (Å²) >= 11 is 3.35. The van der Waals surface area contributed by atoms with Crippen molar-refractivity contribution in [2.24, 2.45) is 0 Å². The van der Waals surface area contributed by atoms with Crippen LogP contribution in [0.1, 0.15) is 15.9 Å². The molecule has 0 atom stereocenters. The van der Waals surface area contributed by atoms with Crippen LogP contribution in [0, 0.1) is 6.92 Å². The zero-order valence-electron chi connectivity index (χ0n) is 11.8. The highest BCUT2D eigenvalue weighted by Crippen LogP contribution is 2.23. The fraction of sp³-hybridized carbons (Fsp3) is 0.0588. The van der Waals surface area contributed by atoms with Crippen molar-refractivity contribution >= 4 is 27.7 Å². The van der Waals surface area contributed by atoms with Crippen LogP contribution in [-0.2, 0) is 0 Å². The molecule has 1 aromatic heterocycles. The lowest BCUT2D eigenvalue weighted by Crippen LogP contribution is -2.11. The first kappa shape index (κ1) is 14.5. The van der Waals surface area contributed by atoms with Gasteiger partial charge in [0, 0.05) is 16.1 Å². The number of benzene rings is 2. The molecular formula is C17H13BrN2O2. The van der Waals surface area contributed by atoms with Crippen molar-refractivity contribution in [3.05, 3.63) is 70.2 Å². The summed E-state index contributed by atoms with van der Waals surface area (Å²) in [5.41, 5.74) is 3.34. The molecule has 4 nitrogen and oxygen atoms in total. The molecule has 1 amide bonds. The van der Waals surface area contributed by atoms with Crippen LogP contribution in [0.3, 0.4) is 0 Å². The number of hydrogen-bond acceptors (Lipinski definition) is 3. The maximum atomic E-state index is 12.2. The van der Waals surface area contributed by atoms with Gasteiger partial charge in [-0.05, 0) is 35.0 Å². The van der Waals surface area contributed by atoms with E-state index >= 15 is 0 Å². The first-order valence-electron chi connectivity index (χ1n) is 6.73. The Morgan fingerprint density at radius 1 is 1.14 bits per heavy atom. The fourth-order valence-electron chi connectivity index (χ4n) is 2.02. The molecule has 0 spiro atoms. The first-order chi connectivity index (χ1) is 10.6. The summed E-state index contributed by atoms with van der Waals surface area (Å²) in [6.45, 7) is 2.02. The minimum absolute atomic E-state index is 0.251. The normalized spacial score (nSPS) is 10.5. The molecule has 1 heterocycles. The summed E-state index contributed by atoms with van der Waals surface area (Å²) in [6.07, 6.45) is 0. The molecule has 0 bridgehead atoms. The Balaban J connectivity index is 1.78. The van der Waals surface area contributed by atoms with Crippen molar-refractivity contribution in [2.75, 3.05) is 5.32 Å². The smallest absolute Gasteiger partial charge is 0.259 e. The molecule has 2 aromatic carbocycles. The number of anilines is 1. The molecule has 0 unspecified atom stereocenters. The third-order valence-electron chi connectivity index (χ3n) is 3.21. The predicted octanol–water partition coefficient (Wildman–Crippen LogP) is 4.66. The van der Waals surface area contributed by atoms with Crippen LogP contribution < -0.4 is 5.32 Å². The van der Waals surface area contributed by atoms with Crippen molar-refractivity contribution in [3.63, 3.8) is 0 Å². The Morgan fingerprint density at radius 2 is 1.86 bits per heavy atom. The molecule has 0 saturated carbocycles. The lowest BCUT2D eigenvalue weighted by Gasteiger charge is -2.02. The van der Waals surface area contributed by atoms with E-state index in [1.165, 1.54) is 5.56 Å². The van der Waals surface area contributed by atoms with E-state index in [9.17, 15) is 4.79 Å². The average molecular weight is 357 g/mol. The summed E-state index contributed by atoms with van der Waals surface area (Å²) in [6, 6.07) is 16.8. The average Bonchev–Trinajstić information content (AvgIpc) is 2.97. The number of aromatic nitrogens is 1. The molecule has 5 heteroatoms. The van der Waals surface area contributed by atoms with Crippen LogP contribution in [0.15, 0.2) is 63.6 Å². The molecule has 1 N–H and O–H groups in total. The van der Waals surface area contributed by atoms with Gasteiger partial charge in [-0.15, -0.1) is 0 Å². The van der Waals surface area contributed by atoms with Crippen LogP contribution in [0.4, 0.5) is 5.88 Å². The third kappa shape index (κ3) is 3.09. The summed E-state index contributed by atoms with van der Waals surface area (Å²) in [5, 5.41) is 6.69. The molecule has 0 aliphatic heterocycles. The van der Waals surface area contributed by atoms with Crippen LogP contribution in [0.25, 0.3) is 11.3 Å². The number of aryl methyl sites for hydroxylation is 1. The molecule has 3 aromatic rings. The van der Waals surface area contributed by atoms with Crippen molar-refractivity contribution < 1.29 is 9.32 Å². The van der Waals surface area contributed by atoms with Gasteiger partial charge in [0.25, 0.3) is 5.91 Å². The lowest BCUT2D eigenvalue weighted by atomic mass is 10.1. The topological polar surface area (TPSA) is 55.1 Å². The van der Waals surface area contributed by atoms with Crippen LogP contribution in [0.2, 0.25) is 0 Å². The van der Waals surface area contributed by atoms with E-state index in [1.807, 2.05) is 43.3 Å². The largest absolute Gasteiger partial charge is 0.338 e. The first-order valence-corrected chi connectivity index (χ1v) is 7.52. The molecular weight excluding hydrogens is 344 g/mol. The Labute approximate surface area is 136 Å². The Kier molecular flexibility index (Phi) is 4.06. The van der Waals surface area contributed by atoms with Crippen molar-refractivity contribution in [1.29, 1.82) is 0 Å². The Bertz CT molecular complexity index is 810. The molecule has 0 saturated heterocycles. The number of carbonyl (C=O) groups excluding carboxylic acids is 1. The minimum atomic E-state index is -0.251. The number of hydrogen-bond donors (Lipinski definition) is 1. The molecule has 0 radical (unpaired) electrons. The molecule has 0 aliphatic carbocycles. The van der Waals surface area contributed by atoms with E-state index in [0.29, 0.717) is 17.1 Å². The van der Waals surface area contributed by atoms with Gasteiger partial charge in [-0.1, -0.05) is 47.1 Å². The van der Waals surface area contributed by atoms with Crippen LogP contribution in [0.5, 0.6) is 0 Å². The van der Waals surface area contributed by atoms with Gasteiger partial charge in [0.1, 0.15) is 5.69 Å². The van der Waals surface area contributed by atoms with Gasteiger partial charge in [0.2, 0.25) is 5.88 Å². The van der Waals surface area contributed by atoms with Gasteiger partial charge in [-0.2, -0.15) is 0 Å². The predicted molar refractivity (Wildman–Crippen MR) is 88.8 cm³/mol. The molecule has 110 valence electrons. The second-order valence-corrected chi connectivity index (χ2v) is 5.73. The van der Waals surface area contributed by atoms with E-state index in [1.54, 1.807) is 18.2 Å². The molecule has 3 rings (SSSR count). The van der Waals surface area contributed by atoms with Crippen LogP contribution >= 0.6 is 15.9 Å². The van der Waals surface area contributed by atoms with Gasteiger partial charge in [-0.25, -0.2) is 0 Å². The monoisotopic (exact) mass is 356 g/mol. The zero-order chi connectivity index (χ0) is 15.5. The van der Waals surface area contributed by atoms with Crippen molar-refractivity contribution in [1.82, 2.24) is 5.16 Å². The minimum Gasteiger partial charge on any atom is -0.338 e. The highest BCUT2D eigenvalue weighted by Gasteiger charge is 2.13. The van der Waals surface area contributed by atoms with Crippen molar-refractivity contribution in [3.8, 4) is 11.3 Å². The quantitative estimate of drug-likeness (QED) is 0.741. The maximum absolute atomic E-state index is 12.2. The number of nitrogens with zero attached hydrogens (tertiary/aromatic N) is 1. The van der Waals surface area contributed by atoms with Gasteiger partial charge >= 0.3 is 0 Å². The third-order valence-corrected chi connectivity index (χ3v) is 3.90. The number of halogens is 1. The van der Waals surface area contributed by atoms with Gasteiger partial charge in [-0.3, -0.25) is 10.1 Å². The summed E-state index contributed by atoms with van der Waals surface area (Å²) in [5.74, 6) is 0.0652. The number of amides is 1. The SMILES string of the molecule is Cc1ccc(-c2cc(NC(=O)c3ccccc3Br)on2)cc1. The summed E-state index contributed by atoms with van der Waals surface area (Å²) < 4.78 is 5.91. The van der Waals surface area contributed by atoms with E-state index in [-0.39, 0.29) is 5.91 Å². The van der Waals surface area contributed by atoms with E-state index in [4.69, 9.17) is 4.52 Å². The van der Waals surface area contributed by atoms with E-state index in [0.717, 1.165) is 10.0 Å². The van der Waals surface area contributed by atoms with Gasteiger partial charge < -0.3 is 4.52 Å². The second-order valence-electron chi connectivity index (χ2n) is 4.88. The van der Waals surface area contributed by atoms with E-state index < -0.39 is 0 Å². The van der Waals surface area contributed by atoms with Gasteiger partial charge in [0.15, 0.2) is 0 Å². The van der Waals surface area contributed by atoms with Gasteiger partial charge in [0.05, 0.1) is 5.56 Å². The molecule has 22 heavy (non-hydrogen) atoms. The summed E-state index contributed by atoms with van der Waals surface area (Å²) in [4.78, 5) is 12.2. The van der Waals surface area contributed by atoms with E-state index in [2.05, 4.69) is 26.4 Å². The number of rotatable bonds is 3. The highest BCUT2D eigenvalue weighted by atomic mass is 79.9. The van der Waals surface area contributed by atoms with Crippen molar-refractivity contribution in [2.45, 2.75) is 6.92 Å². The number of nitrogens with one attached hydrogen (secondary N) is 1. The maximum Gasteiger partial charge on any atom is 0.259 e. The summed E-state index contributed by atoms with van der Waals surface area (Å²) in [7, 11) is 0. The lowest BCUT2D eigenvalue weighted by molar-refractivity contribution is 0.102. The fourth-order valence-corrected chi connectivity index (χ4v) is 2.48. The molecule has 0 fully saturated rings. The van der Waals surface area contributed by atoms with Crippen LogP contribution in [-0.4, -0.2) is 11.1 Å². The number of carbonyl (C=O) groups is 1. The zero-order valence-corrected chi connectivity index (χ0v) is 13.4.